The molecule has 0 saturated heterocycles. The van der Waals surface area contributed by atoms with E-state index in [2.05, 4.69) is 20.6 Å². The highest BCUT2D eigenvalue weighted by Crippen LogP contribution is 2.34. The summed E-state index contributed by atoms with van der Waals surface area (Å²) < 4.78 is 0. The number of amides is 1. The lowest BCUT2D eigenvalue weighted by atomic mass is 9.82. The number of Topliss-reactive ketones (excluding diaryl/α,β-unsaturated/α-hetero) is 1. The Bertz CT molecular complexity index is 1550. The number of nitrogens with zero attached hydrogens (tertiary/aromatic N) is 3. The number of benzene rings is 2. The first kappa shape index (κ1) is 28.5. The fourth-order valence-corrected chi connectivity index (χ4v) is 5.48. The van der Waals surface area contributed by atoms with Crippen LogP contribution in [0.2, 0.25) is 5.02 Å². The zero-order chi connectivity index (χ0) is 28.8. The van der Waals surface area contributed by atoms with E-state index in [4.69, 9.17) is 16.6 Å². The van der Waals surface area contributed by atoms with E-state index in [1.54, 1.807) is 24.4 Å². The summed E-state index contributed by atoms with van der Waals surface area (Å²) in [5, 5.41) is 7.90. The van der Waals surface area contributed by atoms with Crippen molar-refractivity contribution in [3.05, 3.63) is 83.7 Å². The Labute approximate surface area is 245 Å². The molecule has 0 unspecified atom stereocenters. The van der Waals surface area contributed by atoms with Crippen molar-refractivity contribution < 1.29 is 9.59 Å². The third-order valence-electron chi connectivity index (χ3n) is 7.43. The lowest BCUT2D eigenvalue weighted by Gasteiger charge is -2.29. The van der Waals surface area contributed by atoms with Crippen molar-refractivity contribution in [3.8, 4) is 11.3 Å². The first-order valence-corrected chi connectivity index (χ1v) is 14.3. The summed E-state index contributed by atoms with van der Waals surface area (Å²) in [5.41, 5.74) is 3.92. The minimum atomic E-state index is -0.208. The number of hydrogen-bond donors (Lipinski definition) is 3. The maximum atomic E-state index is 13.1. The molecule has 41 heavy (non-hydrogen) atoms. The Morgan fingerprint density at radius 2 is 1.90 bits per heavy atom. The molecule has 212 valence electrons. The Morgan fingerprint density at radius 3 is 2.71 bits per heavy atom. The van der Waals surface area contributed by atoms with Crippen LogP contribution < -0.4 is 10.6 Å². The monoisotopic (exact) mass is 570 g/mol. The molecule has 1 aliphatic carbocycles. The fraction of sp³-hybridized carbons (Fsp3) is 0.312. The van der Waals surface area contributed by atoms with Gasteiger partial charge in [-0.15, -0.1) is 0 Å². The second-order valence-electron chi connectivity index (χ2n) is 10.9. The third kappa shape index (κ3) is 7.39. The van der Waals surface area contributed by atoms with Crippen molar-refractivity contribution in [2.24, 2.45) is 5.92 Å². The normalized spacial score (nSPS) is 17.3. The van der Waals surface area contributed by atoms with Gasteiger partial charge in [0.2, 0.25) is 11.9 Å². The summed E-state index contributed by atoms with van der Waals surface area (Å²) >= 11 is 6.49. The molecule has 0 atom stereocenters. The molecule has 8 nitrogen and oxygen atoms in total. The number of rotatable bonds is 10. The number of ketones is 1. The van der Waals surface area contributed by atoms with Gasteiger partial charge in [-0.25, -0.2) is 9.97 Å². The number of halogens is 1. The van der Waals surface area contributed by atoms with Gasteiger partial charge in [0.15, 0.2) is 5.78 Å². The van der Waals surface area contributed by atoms with E-state index < -0.39 is 0 Å². The molecule has 0 bridgehead atoms. The van der Waals surface area contributed by atoms with Crippen molar-refractivity contribution in [2.75, 3.05) is 31.3 Å². The van der Waals surface area contributed by atoms with Crippen molar-refractivity contribution in [1.82, 2.24) is 19.9 Å². The quantitative estimate of drug-likeness (QED) is 0.147. The van der Waals surface area contributed by atoms with Gasteiger partial charge in [-0.05, 0) is 63.9 Å². The molecule has 1 amide bonds. The van der Waals surface area contributed by atoms with Crippen LogP contribution in [0.4, 0.5) is 11.6 Å². The smallest absolute Gasteiger partial charge is 0.248 e. The van der Waals surface area contributed by atoms with Gasteiger partial charge in [0.25, 0.3) is 0 Å². The molecule has 4 aromatic rings. The highest BCUT2D eigenvalue weighted by Gasteiger charge is 2.24. The Balaban J connectivity index is 1.14. The standard InChI is InChI=1S/C32H35ClN6O2/c1-39(2)16-6-11-30(41)36-24-8-5-7-22(18-24)29(40)17-21-12-14-23(15-13-21)37-32-35-20-27(33)31(38-32)26-19-34-28-10-4-3-9-25(26)28/h3-11,18-21,23,34H,12-17H2,1-2H3,(H,36,41)(H,35,37,38)/b11-6+. The number of H-pyrrole nitrogens is 1. The summed E-state index contributed by atoms with van der Waals surface area (Å²) in [6.07, 6.45) is 11.1. The number of hydrogen-bond acceptors (Lipinski definition) is 6. The maximum Gasteiger partial charge on any atom is 0.248 e. The Kier molecular flexibility index (Phi) is 9.11. The zero-order valence-corrected chi connectivity index (χ0v) is 24.1. The van der Waals surface area contributed by atoms with Crippen molar-refractivity contribution in [1.29, 1.82) is 0 Å². The van der Waals surface area contributed by atoms with Crippen LogP contribution in [0.25, 0.3) is 22.2 Å². The molecular formula is C32H35ClN6O2. The van der Waals surface area contributed by atoms with Gasteiger partial charge < -0.3 is 20.5 Å². The number of fused-ring (bicyclic) bond motifs is 1. The SMILES string of the molecule is CN(C)C/C=C/C(=O)Nc1cccc(C(=O)CC2CCC(Nc3ncc(Cl)c(-c4c[nH]c5ccccc45)n3)CC2)c1. The number of anilines is 2. The van der Waals surface area contributed by atoms with Crippen molar-refractivity contribution in [2.45, 2.75) is 38.1 Å². The molecule has 1 aliphatic rings. The predicted molar refractivity (Wildman–Crippen MR) is 165 cm³/mol. The number of carbonyl (C=O) groups is 2. The van der Waals surface area contributed by atoms with Gasteiger partial charge in [-0.1, -0.05) is 48.0 Å². The molecular weight excluding hydrogens is 536 g/mol. The Morgan fingerprint density at radius 1 is 1.10 bits per heavy atom. The highest BCUT2D eigenvalue weighted by molar-refractivity contribution is 6.33. The van der Waals surface area contributed by atoms with Crippen LogP contribution in [-0.4, -0.2) is 58.2 Å². The molecule has 3 N–H and O–H groups in total. The van der Waals surface area contributed by atoms with Gasteiger partial charge in [-0.3, -0.25) is 9.59 Å². The van der Waals surface area contributed by atoms with Gasteiger partial charge in [0.1, 0.15) is 0 Å². The van der Waals surface area contributed by atoms with Gasteiger partial charge in [-0.2, -0.15) is 0 Å². The van der Waals surface area contributed by atoms with Crippen LogP contribution in [0, 0.1) is 5.92 Å². The maximum absolute atomic E-state index is 13.1. The van der Waals surface area contributed by atoms with Crippen LogP contribution in [-0.2, 0) is 4.79 Å². The summed E-state index contributed by atoms with van der Waals surface area (Å²) in [4.78, 5) is 39.7. The summed E-state index contributed by atoms with van der Waals surface area (Å²) in [6, 6.07) is 15.5. The largest absolute Gasteiger partial charge is 0.360 e. The van der Waals surface area contributed by atoms with Gasteiger partial charge in [0.05, 0.1) is 16.9 Å². The number of aromatic nitrogens is 3. The fourth-order valence-electron chi connectivity index (χ4n) is 5.29. The van der Waals surface area contributed by atoms with E-state index in [-0.39, 0.29) is 17.7 Å². The number of nitrogens with one attached hydrogen (secondary N) is 3. The third-order valence-corrected chi connectivity index (χ3v) is 7.71. The van der Waals surface area contributed by atoms with E-state index in [1.807, 2.05) is 61.6 Å². The molecule has 5 rings (SSSR count). The molecule has 0 aliphatic heterocycles. The molecule has 2 aromatic carbocycles. The first-order valence-electron chi connectivity index (χ1n) is 14.0. The molecule has 0 radical (unpaired) electrons. The highest BCUT2D eigenvalue weighted by atomic mass is 35.5. The molecule has 1 fully saturated rings. The summed E-state index contributed by atoms with van der Waals surface area (Å²) in [6.45, 7) is 0.683. The second-order valence-corrected chi connectivity index (χ2v) is 11.3. The number of carbonyl (C=O) groups excluding carboxylic acids is 2. The van der Waals surface area contributed by atoms with E-state index in [1.165, 1.54) is 6.08 Å². The Hall–Kier alpha value is -4.01. The van der Waals surface area contributed by atoms with Crippen molar-refractivity contribution in [3.63, 3.8) is 0 Å². The molecule has 9 heteroatoms. The minimum absolute atomic E-state index is 0.102. The van der Waals surface area contributed by atoms with Crippen LogP contribution in [0.5, 0.6) is 0 Å². The topological polar surface area (TPSA) is 103 Å². The number of likely N-dealkylation sites (N-methyl/N-ethyl adjacent to an activating group) is 1. The average Bonchev–Trinajstić information content (AvgIpc) is 3.39. The molecule has 1 saturated carbocycles. The van der Waals surface area contributed by atoms with Crippen molar-refractivity contribution >= 4 is 45.8 Å². The molecule has 2 aromatic heterocycles. The van der Waals surface area contributed by atoms with Gasteiger partial charge in [0, 0.05) is 59.0 Å². The predicted octanol–water partition coefficient (Wildman–Crippen LogP) is 6.58. The first-order chi connectivity index (χ1) is 19.9. The molecule has 0 spiro atoms. The van der Waals surface area contributed by atoms with Crippen LogP contribution in [0.15, 0.2) is 73.1 Å². The average molecular weight is 571 g/mol. The van der Waals surface area contributed by atoms with E-state index in [0.717, 1.165) is 42.1 Å². The number of para-hydroxylation sites is 1. The minimum Gasteiger partial charge on any atom is -0.360 e. The number of aromatic amines is 1. The molecule has 2 heterocycles. The zero-order valence-electron chi connectivity index (χ0n) is 23.4. The van der Waals surface area contributed by atoms with E-state index >= 15 is 0 Å². The van der Waals surface area contributed by atoms with Gasteiger partial charge >= 0.3 is 0 Å². The summed E-state index contributed by atoms with van der Waals surface area (Å²) in [7, 11) is 3.88. The van der Waals surface area contributed by atoms with E-state index in [0.29, 0.717) is 46.8 Å². The second kappa shape index (κ2) is 13.1. The van der Waals surface area contributed by atoms with Crippen LogP contribution >= 0.6 is 11.6 Å². The van der Waals surface area contributed by atoms with Crippen LogP contribution in [0.3, 0.4) is 0 Å². The lowest BCUT2D eigenvalue weighted by molar-refractivity contribution is -0.111. The lowest BCUT2D eigenvalue weighted by Crippen LogP contribution is -2.28. The van der Waals surface area contributed by atoms with E-state index in [9.17, 15) is 9.59 Å². The van der Waals surface area contributed by atoms with Crippen LogP contribution in [0.1, 0.15) is 42.5 Å². The summed E-state index contributed by atoms with van der Waals surface area (Å²) in [5.74, 6) is 0.774.